The zero-order valence-corrected chi connectivity index (χ0v) is 28.7. The number of rotatable bonds is 8. The SMILES string of the molecule is CCCOc1ccc(N2C(=O)[C@@H]3[C@@H](C2=O)[C@@]2(c4ccccc4)C(=O)[C@@]3(c3ccccc3)C(c3ccc4c(c3)OCO4)=C2c2ccc3c(c2)OCO3)cc1. The number of nitrogens with zero attached hydrogens (tertiary/aromatic N) is 1. The summed E-state index contributed by atoms with van der Waals surface area (Å²) in [6, 6.07) is 37.1. The first-order valence-electron chi connectivity index (χ1n) is 17.8. The molecule has 3 aliphatic heterocycles. The van der Waals surface area contributed by atoms with Crippen molar-refractivity contribution in [3.63, 3.8) is 0 Å². The second-order valence-electron chi connectivity index (χ2n) is 13.9. The third-order valence-electron chi connectivity index (χ3n) is 11.3. The molecular formula is C44H33NO8. The summed E-state index contributed by atoms with van der Waals surface area (Å²) in [5, 5.41) is 0. The fraction of sp³-hybridized carbons (Fsp3) is 0.205. The summed E-state index contributed by atoms with van der Waals surface area (Å²) in [5.74, 6) is -0.343. The Balaban J connectivity index is 1.31. The lowest BCUT2D eigenvalue weighted by atomic mass is 9.59. The molecule has 5 aromatic rings. The lowest BCUT2D eigenvalue weighted by molar-refractivity contribution is -0.130. The van der Waals surface area contributed by atoms with E-state index in [9.17, 15) is 0 Å². The summed E-state index contributed by atoms with van der Waals surface area (Å²) < 4.78 is 29.0. The smallest absolute Gasteiger partial charge is 0.239 e. The van der Waals surface area contributed by atoms with Gasteiger partial charge >= 0.3 is 0 Å². The molecule has 5 aliphatic rings. The molecule has 5 aromatic carbocycles. The predicted octanol–water partition coefficient (Wildman–Crippen LogP) is 7.12. The Bertz CT molecular complexity index is 2230. The quantitative estimate of drug-likeness (QED) is 0.158. The molecule has 0 unspecified atom stereocenters. The third-order valence-corrected chi connectivity index (χ3v) is 11.3. The van der Waals surface area contributed by atoms with E-state index < -0.39 is 34.5 Å². The van der Waals surface area contributed by atoms with Crippen LogP contribution in [0.15, 0.2) is 121 Å². The van der Waals surface area contributed by atoms with Crippen molar-refractivity contribution in [2.24, 2.45) is 11.8 Å². The van der Waals surface area contributed by atoms with Gasteiger partial charge in [-0.3, -0.25) is 14.4 Å². The van der Waals surface area contributed by atoms with E-state index in [1.807, 2.05) is 104 Å². The van der Waals surface area contributed by atoms with Gasteiger partial charge in [-0.2, -0.15) is 0 Å². The maximum absolute atomic E-state index is 16.2. The van der Waals surface area contributed by atoms with Crippen molar-refractivity contribution in [2.45, 2.75) is 24.2 Å². The molecule has 53 heavy (non-hydrogen) atoms. The molecule has 1 saturated heterocycles. The number of ether oxygens (including phenoxy) is 5. The number of imide groups is 1. The first-order valence-corrected chi connectivity index (χ1v) is 17.8. The zero-order valence-electron chi connectivity index (χ0n) is 28.7. The zero-order chi connectivity index (χ0) is 35.9. The van der Waals surface area contributed by atoms with Crippen LogP contribution in [0.5, 0.6) is 28.7 Å². The Morgan fingerprint density at radius 1 is 0.604 bits per heavy atom. The van der Waals surface area contributed by atoms with Crippen LogP contribution in [-0.4, -0.2) is 37.8 Å². The summed E-state index contributed by atoms with van der Waals surface area (Å²) in [6.07, 6.45) is 0.843. The Kier molecular flexibility index (Phi) is 6.86. The Morgan fingerprint density at radius 3 is 1.55 bits per heavy atom. The van der Waals surface area contributed by atoms with Gasteiger partial charge in [0.05, 0.1) is 35.0 Å². The van der Waals surface area contributed by atoms with E-state index in [1.165, 1.54) is 4.90 Å². The van der Waals surface area contributed by atoms with Crippen LogP contribution in [0.25, 0.3) is 11.1 Å². The number of carbonyl (C=O) groups excluding carboxylic acids is 3. The molecule has 3 heterocycles. The second-order valence-corrected chi connectivity index (χ2v) is 13.9. The first-order chi connectivity index (χ1) is 26.0. The molecule has 1 saturated carbocycles. The number of Topliss-reactive ketones (excluding diaryl/α,β-unsaturated/α-hetero) is 1. The molecule has 2 fully saturated rings. The maximum atomic E-state index is 16.2. The highest BCUT2D eigenvalue weighted by Gasteiger charge is 2.82. The average Bonchev–Trinajstić information content (AvgIpc) is 4.01. The molecule has 0 N–H and O–H groups in total. The van der Waals surface area contributed by atoms with Crippen molar-refractivity contribution in [1.29, 1.82) is 0 Å². The summed E-state index contributed by atoms with van der Waals surface area (Å²) in [6.45, 7) is 2.71. The maximum Gasteiger partial charge on any atom is 0.239 e. The number of hydrogen-bond acceptors (Lipinski definition) is 8. The van der Waals surface area contributed by atoms with Gasteiger partial charge in [-0.25, -0.2) is 4.90 Å². The molecule has 2 amide bonds. The van der Waals surface area contributed by atoms with Crippen LogP contribution < -0.4 is 28.6 Å². The minimum absolute atomic E-state index is 0.0679. The minimum atomic E-state index is -1.58. The summed E-state index contributed by atoms with van der Waals surface area (Å²) in [5.41, 5.74) is 1.19. The highest BCUT2D eigenvalue weighted by molar-refractivity contribution is 6.39. The normalized spacial score (nSPS) is 24.7. The monoisotopic (exact) mass is 703 g/mol. The van der Waals surface area contributed by atoms with Gasteiger partial charge in [0.2, 0.25) is 25.4 Å². The van der Waals surface area contributed by atoms with Crippen molar-refractivity contribution in [1.82, 2.24) is 0 Å². The van der Waals surface area contributed by atoms with Gasteiger partial charge in [-0.05, 0) is 88.4 Å². The third kappa shape index (κ3) is 4.10. The molecule has 0 spiro atoms. The molecule has 0 radical (unpaired) electrons. The van der Waals surface area contributed by atoms with Crippen molar-refractivity contribution in [3.05, 3.63) is 144 Å². The predicted molar refractivity (Wildman–Crippen MR) is 195 cm³/mol. The molecule has 2 aliphatic carbocycles. The molecule has 262 valence electrons. The molecule has 9 nitrogen and oxygen atoms in total. The molecule has 4 atom stereocenters. The topological polar surface area (TPSA) is 101 Å². The molecule has 0 aromatic heterocycles. The van der Waals surface area contributed by atoms with Crippen LogP contribution in [-0.2, 0) is 25.2 Å². The number of amides is 2. The average molecular weight is 704 g/mol. The van der Waals surface area contributed by atoms with Crippen LogP contribution in [0, 0.1) is 11.8 Å². The molecule has 2 bridgehead atoms. The summed E-state index contributed by atoms with van der Waals surface area (Å²) >= 11 is 0. The van der Waals surface area contributed by atoms with E-state index in [2.05, 4.69) is 0 Å². The number of anilines is 1. The largest absolute Gasteiger partial charge is 0.494 e. The number of allylic oxidation sites excluding steroid dienone is 2. The van der Waals surface area contributed by atoms with Crippen molar-refractivity contribution in [3.8, 4) is 28.7 Å². The van der Waals surface area contributed by atoms with Crippen LogP contribution in [0.1, 0.15) is 35.6 Å². The van der Waals surface area contributed by atoms with Crippen molar-refractivity contribution in [2.75, 3.05) is 25.1 Å². The number of carbonyl (C=O) groups is 3. The van der Waals surface area contributed by atoms with Crippen molar-refractivity contribution >= 4 is 34.4 Å². The van der Waals surface area contributed by atoms with Crippen molar-refractivity contribution < 1.29 is 38.1 Å². The van der Waals surface area contributed by atoms with Gasteiger partial charge in [0.1, 0.15) is 5.75 Å². The molecular weight excluding hydrogens is 670 g/mol. The van der Waals surface area contributed by atoms with Gasteiger partial charge in [-0.1, -0.05) is 79.7 Å². The van der Waals surface area contributed by atoms with E-state index >= 15 is 14.4 Å². The summed E-state index contributed by atoms with van der Waals surface area (Å²) in [4.78, 5) is 48.2. The Hall–Kier alpha value is -6.35. The summed E-state index contributed by atoms with van der Waals surface area (Å²) in [7, 11) is 0. The molecule has 10 rings (SSSR count). The number of hydrogen-bond donors (Lipinski definition) is 0. The fourth-order valence-electron chi connectivity index (χ4n) is 9.39. The fourth-order valence-corrected chi connectivity index (χ4v) is 9.39. The number of fused-ring (bicyclic) bond motifs is 7. The van der Waals surface area contributed by atoms with Gasteiger partial charge in [0, 0.05) is 0 Å². The lowest BCUT2D eigenvalue weighted by Gasteiger charge is -2.39. The van der Waals surface area contributed by atoms with Crippen LogP contribution in [0.2, 0.25) is 0 Å². The Morgan fingerprint density at radius 2 is 1.08 bits per heavy atom. The van der Waals surface area contributed by atoms with Gasteiger partial charge in [0.25, 0.3) is 0 Å². The van der Waals surface area contributed by atoms with Gasteiger partial charge < -0.3 is 23.7 Å². The van der Waals surface area contributed by atoms with E-state index in [0.29, 0.717) is 74.4 Å². The minimum Gasteiger partial charge on any atom is -0.494 e. The standard InChI is InChI=1S/C44H33NO8/c1-2-21-49-31-17-15-30(16-18-31)45-40(46)38-39(41(45)47)44(29-11-7-4-8-12-29)37(27-14-20-33-35(23-27)53-25-51-33)36(26-13-19-32-34(22-26)52-24-50-32)43(38,42(44)48)28-9-5-3-6-10-28/h3-20,22-23,38-39H,2,21,24-25H2,1H3/t38-,39-,43-,44-/m0/s1. The van der Waals surface area contributed by atoms with Gasteiger partial charge in [-0.15, -0.1) is 0 Å². The van der Waals surface area contributed by atoms with E-state index in [-0.39, 0.29) is 19.4 Å². The van der Waals surface area contributed by atoms with Gasteiger partial charge in [0.15, 0.2) is 28.8 Å². The first kappa shape index (κ1) is 31.4. The van der Waals surface area contributed by atoms with E-state index in [4.69, 9.17) is 23.7 Å². The highest BCUT2D eigenvalue weighted by atomic mass is 16.7. The Labute approximate surface area is 305 Å². The highest BCUT2D eigenvalue weighted by Crippen LogP contribution is 2.74. The number of benzene rings is 5. The molecule has 9 heteroatoms. The van der Waals surface area contributed by atoms with Crippen LogP contribution in [0.4, 0.5) is 5.69 Å². The van der Waals surface area contributed by atoms with Crippen LogP contribution in [0.3, 0.4) is 0 Å². The number of ketones is 1. The second kappa shape index (κ2) is 11.6. The van der Waals surface area contributed by atoms with Crippen LogP contribution >= 0.6 is 0 Å². The lowest BCUT2D eigenvalue weighted by Crippen LogP contribution is -2.45. The van der Waals surface area contributed by atoms with E-state index in [0.717, 1.165) is 6.42 Å². The van der Waals surface area contributed by atoms with E-state index in [1.54, 1.807) is 24.3 Å².